The normalized spacial score (nSPS) is 35.9. The monoisotopic (exact) mass is 323 g/mol. The van der Waals surface area contributed by atoms with E-state index in [4.69, 9.17) is 4.74 Å². The van der Waals surface area contributed by atoms with Crippen molar-refractivity contribution in [3.63, 3.8) is 0 Å². The second-order valence-electron chi connectivity index (χ2n) is 8.33. The van der Waals surface area contributed by atoms with Gasteiger partial charge in [-0.25, -0.2) is 0 Å². The van der Waals surface area contributed by atoms with E-state index < -0.39 is 0 Å². The quantitative estimate of drug-likeness (QED) is 0.773. The van der Waals surface area contributed by atoms with E-state index in [2.05, 4.69) is 35.5 Å². The van der Waals surface area contributed by atoms with Crippen LogP contribution in [0.5, 0.6) is 0 Å². The highest BCUT2D eigenvalue weighted by atomic mass is 16.5. The summed E-state index contributed by atoms with van der Waals surface area (Å²) in [6.45, 7) is 16.8. The highest BCUT2D eigenvalue weighted by molar-refractivity contribution is 4.85. The topological polar surface area (TPSA) is 19.0 Å². The van der Waals surface area contributed by atoms with E-state index in [9.17, 15) is 0 Å². The summed E-state index contributed by atoms with van der Waals surface area (Å²) in [7, 11) is 0. The molecule has 0 aromatic heterocycles. The molecule has 0 bridgehead atoms. The van der Waals surface area contributed by atoms with Gasteiger partial charge in [0.2, 0.25) is 0 Å². The zero-order chi connectivity index (χ0) is 16.2. The number of piperidine rings is 1. The van der Waals surface area contributed by atoms with Gasteiger partial charge >= 0.3 is 0 Å². The zero-order valence-corrected chi connectivity index (χ0v) is 15.5. The van der Waals surface area contributed by atoms with Crippen molar-refractivity contribution in [1.82, 2.24) is 14.7 Å². The third-order valence-corrected chi connectivity index (χ3v) is 6.04. The number of ether oxygens (including phenoxy) is 1. The summed E-state index contributed by atoms with van der Waals surface area (Å²) in [6, 6.07) is 0.774. The SMILES string of the molecule is CC1CCN(CCN2CCC[C@@H]2CN2C[C@H](C)O[C@@H](C)C2)CC1. The number of rotatable bonds is 5. The Bertz CT molecular complexity index is 347. The van der Waals surface area contributed by atoms with Crippen LogP contribution in [0.3, 0.4) is 0 Å². The molecular weight excluding hydrogens is 286 g/mol. The molecular formula is C19H37N3O. The zero-order valence-electron chi connectivity index (χ0n) is 15.5. The molecule has 134 valence electrons. The average Bonchev–Trinajstić information content (AvgIpc) is 2.93. The standard InChI is InChI=1S/C19H37N3O/c1-16-6-9-20(10-7-16)11-12-22-8-4-5-19(22)15-21-13-17(2)23-18(3)14-21/h16-19H,4-15H2,1-3H3/t17-,18-,19+/m0/s1. The molecule has 0 aromatic rings. The molecule has 0 saturated carbocycles. The fourth-order valence-corrected chi connectivity index (χ4v) is 4.68. The first kappa shape index (κ1) is 17.7. The lowest BCUT2D eigenvalue weighted by Gasteiger charge is -2.39. The van der Waals surface area contributed by atoms with Gasteiger partial charge in [-0.3, -0.25) is 9.80 Å². The van der Waals surface area contributed by atoms with Gasteiger partial charge in [-0.1, -0.05) is 6.92 Å². The maximum absolute atomic E-state index is 5.88. The van der Waals surface area contributed by atoms with Crippen LogP contribution in [-0.4, -0.2) is 85.3 Å². The van der Waals surface area contributed by atoms with Crippen molar-refractivity contribution in [2.45, 2.75) is 64.7 Å². The van der Waals surface area contributed by atoms with Gasteiger partial charge < -0.3 is 9.64 Å². The molecule has 0 spiro atoms. The Labute approximate surface area is 143 Å². The van der Waals surface area contributed by atoms with Gasteiger partial charge in [-0.05, 0) is 65.1 Å². The summed E-state index contributed by atoms with van der Waals surface area (Å²) in [6.07, 6.45) is 6.35. The van der Waals surface area contributed by atoms with Crippen LogP contribution < -0.4 is 0 Å². The molecule has 3 aliphatic heterocycles. The van der Waals surface area contributed by atoms with Crippen LogP contribution in [0.15, 0.2) is 0 Å². The molecule has 0 unspecified atom stereocenters. The highest BCUT2D eigenvalue weighted by Gasteiger charge is 2.30. The Morgan fingerprint density at radius 1 is 0.826 bits per heavy atom. The summed E-state index contributed by atoms with van der Waals surface area (Å²) in [4.78, 5) is 8.10. The maximum Gasteiger partial charge on any atom is 0.0678 e. The fraction of sp³-hybridized carbons (Fsp3) is 1.00. The van der Waals surface area contributed by atoms with Crippen LogP contribution in [0.25, 0.3) is 0 Å². The second kappa shape index (κ2) is 8.28. The molecule has 3 rings (SSSR count). The summed E-state index contributed by atoms with van der Waals surface area (Å²) in [5, 5.41) is 0. The first-order chi connectivity index (χ1) is 11.1. The molecule has 0 radical (unpaired) electrons. The van der Waals surface area contributed by atoms with Gasteiger partial charge in [0, 0.05) is 38.8 Å². The van der Waals surface area contributed by atoms with E-state index in [1.165, 1.54) is 65.0 Å². The van der Waals surface area contributed by atoms with Crippen molar-refractivity contribution in [2.75, 3.05) is 52.4 Å². The van der Waals surface area contributed by atoms with Crippen molar-refractivity contribution >= 4 is 0 Å². The number of hydrogen-bond acceptors (Lipinski definition) is 4. The Balaban J connectivity index is 1.42. The van der Waals surface area contributed by atoms with Crippen molar-refractivity contribution in [1.29, 1.82) is 0 Å². The van der Waals surface area contributed by atoms with E-state index in [-0.39, 0.29) is 0 Å². The second-order valence-corrected chi connectivity index (χ2v) is 8.33. The van der Waals surface area contributed by atoms with Crippen molar-refractivity contribution < 1.29 is 4.74 Å². The van der Waals surface area contributed by atoms with E-state index in [1.54, 1.807) is 0 Å². The van der Waals surface area contributed by atoms with Gasteiger partial charge in [0.15, 0.2) is 0 Å². The lowest BCUT2D eigenvalue weighted by atomic mass is 9.99. The predicted molar refractivity (Wildman–Crippen MR) is 95.9 cm³/mol. The van der Waals surface area contributed by atoms with Crippen LogP contribution in [0, 0.1) is 5.92 Å². The number of hydrogen-bond donors (Lipinski definition) is 0. The van der Waals surface area contributed by atoms with Gasteiger partial charge in [0.1, 0.15) is 0 Å². The summed E-state index contributed by atoms with van der Waals surface area (Å²) < 4.78 is 5.88. The number of likely N-dealkylation sites (tertiary alicyclic amines) is 2. The predicted octanol–water partition coefficient (Wildman–Crippen LogP) is 2.29. The molecule has 3 heterocycles. The molecule has 4 heteroatoms. The lowest BCUT2D eigenvalue weighted by molar-refractivity contribution is -0.0723. The smallest absolute Gasteiger partial charge is 0.0678 e. The Kier molecular flexibility index (Phi) is 6.36. The molecule has 3 saturated heterocycles. The van der Waals surface area contributed by atoms with Gasteiger partial charge in [-0.2, -0.15) is 0 Å². The maximum atomic E-state index is 5.88. The average molecular weight is 324 g/mol. The minimum absolute atomic E-state index is 0.393. The summed E-state index contributed by atoms with van der Waals surface area (Å²) in [5.74, 6) is 0.941. The van der Waals surface area contributed by atoms with Crippen LogP contribution >= 0.6 is 0 Å². The summed E-state index contributed by atoms with van der Waals surface area (Å²) >= 11 is 0. The van der Waals surface area contributed by atoms with E-state index in [1.807, 2.05) is 0 Å². The molecule has 0 N–H and O–H groups in total. The molecule has 0 aromatic carbocycles. The van der Waals surface area contributed by atoms with Crippen LogP contribution in [0.1, 0.15) is 46.5 Å². The highest BCUT2D eigenvalue weighted by Crippen LogP contribution is 2.21. The van der Waals surface area contributed by atoms with E-state index >= 15 is 0 Å². The molecule has 3 aliphatic rings. The van der Waals surface area contributed by atoms with Crippen molar-refractivity contribution in [2.24, 2.45) is 5.92 Å². The van der Waals surface area contributed by atoms with Crippen LogP contribution in [0.4, 0.5) is 0 Å². The van der Waals surface area contributed by atoms with Gasteiger partial charge in [0.05, 0.1) is 12.2 Å². The minimum atomic E-state index is 0.393. The van der Waals surface area contributed by atoms with Gasteiger partial charge in [-0.15, -0.1) is 0 Å². The third-order valence-electron chi connectivity index (χ3n) is 6.04. The third kappa shape index (κ3) is 5.15. The largest absolute Gasteiger partial charge is 0.373 e. The fourth-order valence-electron chi connectivity index (χ4n) is 4.68. The first-order valence-corrected chi connectivity index (χ1v) is 9.94. The minimum Gasteiger partial charge on any atom is -0.373 e. The van der Waals surface area contributed by atoms with Gasteiger partial charge in [0.25, 0.3) is 0 Å². The number of nitrogens with zero attached hydrogens (tertiary/aromatic N) is 3. The molecule has 3 atom stereocenters. The molecule has 0 amide bonds. The first-order valence-electron chi connectivity index (χ1n) is 9.94. The lowest BCUT2D eigenvalue weighted by Crippen LogP contribution is -2.50. The number of morpholine rings is 1. The molecule has 4 nitrogen and oxygen atoms in total. The van der Waals surface area contributed by atoms with Crippen LogP contribution in [0.2, 0.25) is 0 Å². The Hall–Kier alpha value is -0.160. The Morgan fingerprint density at radius 2 is 1.52 bits per heavy atom. The molecule has 23 heavy (non-hydrogen) atoms. The van der Waals surface area contributed by atoms with Crippen molar-refractivity contribution in [3.8, 4) is 0 Å². The Morgan fingerprint density at radius 3 is 2.22 bits per heavy atom. The summed E-state index contributed by atoms with van der Waals surface area (Å²) in [5.41, 5.74) is 0. The van der Waals surface area contributed by atoms with E-state index in [0.29, 0.717) is 12.2 Å². The molecule has 0 aliphatic carbocycles. The van der Waals surface area contributed by atoms with E-state index in [0.717, 1.165) is 25.0 Å². The molecule has 3 fully saturated rings. The van der Waals surface area contributed by atoms with Crippen molar-refractivity contribution in [3.05, 3.63) is 0 Å². The van der Waals surface area contributed by atoms with Crippen LogP contribution in [-0.2, 0) is 4.74 Å².